The molecular weight excluding hydrogens is 261 g/mol. The lowest BCUT2D eigenvalue weighted by molar-refractivity contribution is 0.0679. The molecular formula is C11H16FNO4S. The Bertz CT molecular complexity index is 504. The first-order valence-electron chi connectivity index (χ1n) is 5.29. The van der Waals surface area contributed by atoms with Crippen molar-refractivity contribution < 1.29 is 22.7 Å². The molecule has 5 nitrogen and oxygen atoms in total. The minimum atomic E-state index is -3.82. The van der Waals surface area contributed by atoms with Gasteiger partial charge >= 0.3 is 0 Å². The average molecular weight is 277 g/mol. The van der Waals surface area contributed by atoms with Gasteiger partial charge in [-0.2, -0.15) is 0 Å². The fourth-order valence-electron chi connectivity index (χ4n) is 1.28. The summed E-state index contributed by atoms with van der Waals surface area (Å²) in [7, 11) is -2.42. The number of aryl methyl sites for hydroxylation is 1. The highest BCUT2D eigenvalue weighted by Gasteiger charge is 2.16. The van der Waals surface area contributed by atoms with Crippen LogP contribution in [0.1, 0.15) is 5.56 Å². The van der Waals surface area contributed by atoms with Crippen LogP contribution >= 0.6 is 0 Å². The lowest BCUT2D eigenvalue weighted by Crippen LogP contribution is -2.34. The van der Waals surface area contributed by atoms with E-state index in [2.05, 4.69) is 9.46 Å². The topological polar surface area (TPSA) is 75.6 Å². The molecule has 0 radical (unpaired) electrons. The van der Waals surface area contributed by atoms with E-state index in [-0.39, 0.29) is 18.0 Å². The molecule has 0 saturated carbocycles. The van der Waals surface area contributed by atoms with Crippen molar-refractivity contribution in [3.63, 3.8) is 0 Å². The third kappa shape index (κ3) is 4.02. The van der Waals surface area contributed by atoms with Crippen molar-refractivity contribution in [2.75, 3.05) is 20.3 Å². The first-order valence-corrected chi connectivity index (χ1v) is 6.78. The minimum absolute atomic E-state index is 0.0186. The maximum absolute atomic E-state index is 13.3. The van der Waals surface area contributed by atoms with Crippen LogP contribution in [-0.2, 0) is 14.8 Å². The fraction of sp³-hybridized carbons (Fsp3) is 0.455. The number of benzene rings is 1. The van der Waals surface area contributed by atoms with Crippen molar-refractivity contribution in [3.05, 3.63) is 29.6 Å². The molecule has 0 heterocycles. The summed E-state index contributed by atoms with van der Waals surface area (Å²) in [5.41, 5.74) is 0.369. The molecule has 0 aliphatic heterocycles. The van der Waals surface area contributed by atoms with Crippen molar-refractivity contribution in [3.8, 4) is 0 Å². The molecule has 0 amide bonds. The molecule has 0 aliphatic rings. The molecule has 0 saturated heterocycles. The normalized spacial score (nSPS) is 13.6. The Balaban J connectivity index is 2.77. The van der Waals surface area contributed by atoms with Crippen molar-refractivity contribution >= 4 is 10.0 Å². The molecule has 1 unspecified atom stereocenters. The highest BCUT2D eigenvalue weighted by atomic mass is 32.2. The van der Waals surface area contributed by atoms with Crippen LogP contribution in [0, 0.1) is 12.7 Å². The van der Waals surface area contributed by atoms with Gasteiger partial charge in [-0.05, 0) is 24.6 Å². The zero-order valence-electron chi connectivity index (χ0n) is 10.2. The Kier molecular flexibility index (Phi) is 5.21. The number of halogens is 1. The van der Waals surface area contributed by atoms with E-state index in [0.717, 1.165) is 6.07 Å². The van der Waals surface area contributed by atoms with Crippen LogP contribution < -0.4 is 4.72 Å². The Morgan fingerprint density at radius 3 is 2.72 bits per heavy atom. The Morgan fingerprint density at radius 1 is 1.50 bits per heavy atom. The van der Waals surface area contributed by atoms with E-state index in [9.17, 15) is 17.9 Å². The molecule has 0 spiro atoms. The Hall–Kier alpha value is -1.02. The van der Waals surface area contributed by atoms with E-state index >= 15 is 0 Å². The highest BCUT2D eigenvalue weighted by Crippen LogP contribution is 2.13. The molecule has 2 N–H and O–H groups in total. The van der Waals surface area contributed by atoms with Gasteiger partial charge in [-0.25, -0.2) is 17.5 Å². The average Bonchev–Trinajstić information content (AvgIpc) is 2.30. The van der Waals surface area contributed by atoms with E-state index < -0.39 is 21.9 Å². The predicted octanol–water partition coefficient (Wildman–Crippen LogP) is 0.420. The van der Waals surface area contributed by atoms with Crippen LogP contribution in [0.5, 0.6) is 0 Å². The van der Waals surface area contributed by atoms with E-state index in [1.165, 1.54) is 19.2 Å². The second-order valence-electron chi connectivity index (χ2n) is 3.87. The van der Waals surface area contributed by atoms with Gasteiger partial charge < -0.3 is 9.84 Å². The Morgan fingerprint density at radius 2 is 2.17 bits per heavy atom. The molecule has 0 fully saturated rings. The smallest absolute Gasteiger partial charge is 0.240 e. The maximum Gasteiger partial charge on any atom is 0.240 e. The van der Waals surface area contributed by atoms with Gasteiger partial charge in [-0.1, -0.05) is 6.07 Å². The first kappa shape index (κ1) is 15.0. The number of methoxy groups -OCH3 is 1. The summed E-state index contributed by atoms with van der Waals surface area (Å²) in [5, 5.41) is 9.33. The lowest BCUT2D eigenvalue weighted by Gasteiger charge is -2.11. The molecule has 1 aromatic rings. The van der Waals surface area contributed by atoms with Crippen LogP contribution in [0.4, 0.5) is 4.39 Å². The molecule has 0 aliphatic carbocycles. The second-order valence-corrected chi connectivity index (χ2v) is 5.64. The van der Waals surface area contributed by atoms with Gasteiger partial charge in [0.2, 0.25) is 10.0 Å². The third-order valence-electron chi connectivity index (χ3n) is 2.32. The zero-order valence-corrected chi connectivity index (χ0v) is 11.0. The summed E-state index contributed by atoms with van der Waals surface area (Å²) in [6, 6.07) is 3.64. The highest BCUT2D eigenvalue weighted by molar-refractivity contribution is 7.89. The van der Waals surface area contributed by atoms with Crippen molar-refractivity contribution in [1.82, 2.24) is 4.72 Å². The molecule has 0 bridgehead atoms. The van der Waals surface area contributed by atoms with E-state index in [1.807, 2.05) is 0 Å². The van der Waals surface area contributed by atoms with Crippen molar-refractivity contribution in [2.24, 2.45) is 0 Å². The monoisotopic (exact) mass is 277 g/mol. The standard InChI is InChI=1S/C11H16FNO4S/c1-8-3-4-10(5-11(8)12)18(15,16)13-6-9(14)7-17-2/h3-5,9,13-14H,6-7H2,1-2H3. The molecule has 0 aromatic heterocycles. The van der Waals surface area contributed by atoms with Gasteiger partial charge in [0.15, 0.2) is 0 Å². The summed E-state index contributed by atoms with van der Waals surface area (Å²) in [5.74, 6) is -0.588. The molecule has 1 rings (SSSR count). The molecule has 1 atom stereocenters. The van der Waals surface area contributed by atoms with Crippen LogP contribution in [0.25, 0.3) is 0 Å². The number of nitrogens with one attached hydrogen (secondary N) is 1. The number of rotatable bonds is 6. The number of hydrogen-bond acceptors (Lipinski definition) is 4. The lowest BCUT2D eigenvalue weighted by atomic mass is 10.2. The summed E-state index contributed by atoms with van der Waals surface area (Å²) < 4.78 is 43.7. The van der Waals surface area contributed by atoms with Gasteiger partial charge in [-0.15, -0.1) is 0 Å². The SMILES string of the molecule is COCC(O)CNS(=O)(=O)c1ccc(C)c(F)c1. The first-order chi connectivity index (χ1) is 8.36. The van der Waals surface area contributed by atoms with Gasteiger partial charge in [0.05, 0.1) is 17.6 Å². The fourth-order valence-corrected chi connectivity index (χ4v) is 2.37. The van der Waals surface area contributed by atoms with E-state index in [1.54, 1.807) is 6.92 Å². The zero-order chi connectivity index (χ0) is 13.8. The predicted molar refractivity (Wildman–Crippen MR) is 64.2 cm³/mol. The maximum atomic E-state index is 13.3. The summed E-state index contributed by atoms with van der Waals surface area (Å²) in [6.07, 6.45) is -0.944. The largest absolute Gasteiger partial charge is 0.389 e. The number of hydrogen-bond donors (Lipinski definition) is 2. The van der Waals surface area contributed by atoms with Crippen LogP contribution in [0.3, 0.4) is 0 Å². The van der Waals surface area contributed by atoms with E-state index in [0.29, 0.717) is 5.56 Å². The van der Waals surface area contributed by atoms with Gasteiger partial charge in [0, 0.05) is 13.7 Å². The molecule has 102 valence electrons. The van der Waals surface area contributed by atoms with Crippen LogP contribution in [0.15, 0.2) is 23.1 Å². The van der Waals surface area contributed by atoms with Gasteiger partial charge in [-0.3, -0.25) is 0 Å². The molecule has 1 aromatic carbocycles. The number of sulfonamides is 1. The quantitative estimate of drug-likeness (QED) is 0.790. The van der Waals surface area contributed by atoms with Crippen LogP contribution in [0.2, 0.25) is 0 Å². The Labute approximate surface area is 106 Å². The van der Waals surface area contributed by atoms with Gasteiger partial charge in [0.1, 0.15) is 5.82 Å². The number of aliphatic hydroxyl groups excluding tert-OH is 1. The number of ether oxygens (including phenoxy) is 1. The third-order valence-corrected chi connectivity index (χ3v) is 3.74. The van der Waals surface area contributed by atoms with Crippen molar-refractivity contribution in [1.29, 1.82) is 0 Å². The summed E-state index contributed by atoms with van der Waals surface area (Å²) >= 11 is 0. The molecule has 7 heteroatoms. The summed E-state index contributed by atoms with van der Waals surface area (Å²) in [4.78, 5) is -0.171. The van der Waals surface area contributed by atoms with Crippen molar-refractivity contribution in [2.45, 2.75) is 17.9 Å². The minimum Gasteiger partial charge on any atom is -0.389 e. The molecule has 18 heavy (non-hydrogen) atoms. The van der Waals surface area contributed by atoms with Crippen LogP contribution in [-0.4, -0.2) is 39.9 Å². The second kappa shape index (κ2) is 6.24. The van der Waals surface area contributed by atoms with E-state index in [4.69, 9.17) is 0 Å². The van der Waals surface area contributed by atoms with Gasteiger partial charge in [0.25, 0.3) is 0 Å². The summed E-state index contributed by atoms with van der Waals surface area (Å²) in [6.45, 7) is 1.37. The number of aliphatic hydroxyl groups is 1.